The van der Waals surface area contributed by atoms with E-state index in [1.54, 1.807) is 18.2 Å². The molecule has 20 heavy (non-hydrogen) atoms. The predicted octanol–water partition coefficient (Wildman–Crippen LogP) is 4.42. The van der Waals surface area contributed by atoms with Gasteiger partial charge in [-0.15, -0.1) is 0 Å². The molecule has 2 aromatic rings. The molecule has 0 bridgehead atoms. The topological polar surface area (TPSA) is 34.1 Å². The fraction of sp³-hybridized carbons (Fsp3) is 0.200. The van der Waals surface area contributed by atoms with Gasteiger partial charge in [0.15, 0.2) is 9.84 Å². The second kappa shape index (κ2) is 6.17. The van der Waals surface area contributed by atoms with E-state index >= 15 is 0 Å². The number of halogens is 2. The Labute approximate surface area is 129 Å². The van der Waals surface area contributed by atoms with Crippen LogP contribution in [0.25, 0.3) is 0 Å². The Bertz CT molecular complexity index is 687. The van der Waals surface area contributed by atoms with Crippen LogP contribution in [-0.4, -0.2) is 8.42 Å². The summed E-state index contributed by atoms with van der Waals surface area (Å²) in [6, 6.07) is 12.4. The van der Waals surface area contributed by atoms with Gasteiger partial charge in [0, 0.05) is 15.6 Å². The van der Waals surface area contributed by atoms with Crippen molar-refractivity contribution in [2.45, 2.75) is 18.4 Å². The van der Waals surface area contributed by atoms with E-state index < -0.39 is 9.84 Å². The summed E-state index contributed by atoms with van der Waals surface area (Å²) in [5, 5.41) is 0.759. The van der Waals surface area contributed by atoms with Gasteiger partial charge >= 0.3 is 0 Å². The maximum Gasteiger partial charge on any atom is 0.158 e. The smallest absolute Gasteiger partial charge is 0.158 e. The minimum atomic E-state index is -3.31. The van der Waals surface area contributed by atoms with E-state index in [1.807, 2.05) is 31.2 Å². The van der Waals surface area contributed by atoms with Crippen LogP contribution < -0.4 is 0 Å². The van der Waals surface area contributed by atoms with E-state index in [2.05, 4.69) is 0 Å². The minimum Gasteiger partial charge on any atom is -0.228 e. The Kier molecular flexibility index (Phi) is 4.74. The molecule has 0 aliphatic rings. The summed E-state index contributed by atoms with van der Waals surface area (Å²) in [6.07, 6.45) is 0. The first kappa shape index (κ1) is 15.4. The van der Waals surface area contributed by atoms with Crippen LogP contribution in [0.5, 0.6) is 0 Å². The van der Waals surface area contributed by atoms with Crippen LogP contribution in [0, 0.1) is 6.92 Å². The Balaban J connectivity index is 2.21. The normalized spacial score (nSPS) is 11.6. The molecule has 0 aliphatic heterocycles. The molecule has 0 atom stereocenters. The molecule has 0 radical (unpaired) electrons. The monoisotopic (exact) mass is 328 g/mol. The van der Waals surface area contributed by atoms with Gasteiger partial charge in [0.25, 0.3) is 0 Å². The van der Waals surface area contributed by atoms with Crippen molar-refractivity contribution in [1.29, 1.82) is 0 Å². The van der Waals surface area contributed by atoms with Crippen molar-refractivity contribution in [2.75, 3.05) is 0 Å². The molecule has 0 fully saturated rings. The largest absolute Gasteiger partial charge is 0.228 e. The highest BCUT2D eigenvalue weighted by Crippen LogP contribution is 2.27. The summed E-state index contributed by atoms with van der Waals surface area (Å²) in [4.78, 5) is 0. The zero-order valence-corrected chi connectivity index (χ0v) is 13.3. The quantitative estimate of drug-likeness (QED) is 0.832. The third-order valence-corrected chi connectivity index (χ3v) is 5.14. The molecule has 5 heteroatoms. The van der Waals surface area contributed by atoms with Gasteiger partial charge in [-0.2, -0.15) is 0 Å². The second-order valence-corrected chi connectivity index (χ2v) is 7.60. The summed E-state index contributed by atoms with van der Waals surface area (Å²) in [7, 11) is -3.31. The highest BCUT2D eigenvalue weighted by molar-refractivity contribution is 7.89. The molecular formula is C15H14Cl2O2S. The van der Waals surface area contributed by atoms with Crippen molar-refractivity contribution in [2.24, 2.45) is 0 Å². The van der Waals surface area contributed by atoms with Crippen LogP contribution in [0.15, 0.2) is 42.5 Å². The van der Waals surface area contributed by atoms with E-state index in [9.17, 15) is 8.42 Å². The van der Waals surface area contributed by atoms with E-state index in [0.29, 0.717) is 15.6 Å². The number of rotatable bonds is 4. The van der Waals surface area contributed by atoms with Crippen LogP contribution in [0.2, 0.25) is 10.0 Å². The van der Waals surface area contributed by atoms with Gasteiger partial charge in [0.2, 0.25) is 0 Å². The lowest BCUT2D eigenvalue weighted by molar-refractivity contribution is 0.594. The summed E-state index contributed by atoms with van der Waals surface area (Å²) in [5.74, 6) is -0.172. The number of aryl methyl sites for hydroxylation is 1. The predicted molar refractivity (Wildman–Crippen MR) is 84.0 cm³/mol. The molecule has 2 rings (SSSR count). The zero-order valence-electron chi connectivity index (χ0n) is 10.9. The molecule has 0 aliphatic carbocycles. The maximum atomic E-state index is 12.2. The van der Waals surface area contributed by atoms with Gasteiger partial charge in [-0.1, -0.05) is 59.1 Å². The molecule has 0 saturated heterocycles. The van der Waals surface area contributed by atoms with Crippen LogP contribution in [-0.2, 0) is 21.3 Å². The fourth-order valence-corrected chi connectivity index (χ4v) is 4.12. The van der Waals surface area contributed by atoms with Crippen LogP contribution >= 0.6 is 23.2 Å². The van der Waals surface area contributed by atoms with Crippen LogP contribution in [0.3, 0.4) is 0 Å². The molecular weight excluding hydrogens is 315 g/mol. The molecule has 0 saturated carbocycles. The SMILES string of the molecule is Cc1ccc(CS(=O)(=O)Cc2c(Cl)cccc2Cl)cc1. The summed E-state index contributed by atoms with van der Waals surface area (Å²) >= 11 is 12.0. The number of hydrogen-bond donors (Lipinski definition) is 0. The first-order chi connectivity index (χ1) is 9.37. The molecule has 0 unspecified atom stereocenters. The Hall–Kier alpha value is -1.03. The maximum absolute atomic E-state index is 12.2. The molecule has 2 aromatic carbocycles. The molecule has 106 valence electrons. The lowest BCUT2D eigenvalue weighted by Crippen LogP contribution is -2.08. The van der Waals surface area contributed by atoms with Crippen LogP contribution in [0.1, 0.15) is 16.7 Å². The minimum absolute atomic E-state index is 0.0190. The van der Waals surface area contributed by atoms with Crippen molar-refractivity contribution in [3.05, 3.63) is 69.2 Å². The van der Waals surface area contributed by atoms with Gasteiger partial charge < -0.3 is 0 Å². The van der Waals surface area contributed by atoms with Gasteiger partial charge in [0.1, 0.15) is 0 Å². The van der Waals surface area contributed by atoms with Crippen molar-refractivity contribution >= 4 is 33.0 Å². The van der Waals surface area contributed by atoms with E-state index in [1.165, 1.54) is 0 Å². The molecule has 0 amide bonds. The summed E-state index contributed by atoms with van der Waals surface area (Å²) < 4.78 is 24.5. The number of sulfone groups is 1. The van der Waals surface area contributed by atoms with E-state index in [0.717, 1.165) is 11.1 Å². The number of hydrogen-bond acceptors (Lipinski definition) is 2. The lowest BCUT2D eigenvalue weighted by atomic mass is 10.2. The first-order valence-electron chi connectivity index (χ1n) is 6.06. The molecule has 0 N–H and O–H groups in total. The zero-order chi connectivity index (χ0) is 14.8. The lowest BCUT2D eigenvalue weighted by Gasteiger charge is -2.08. The fourth-order valence-electron chi connectivity index (χ4n) is 1.88. The standard InChI is InChI=1S/C15H14Cl2O2S/c1-11-5-7-12(8-6-11)9-20(18,19)10-13-14(16)3-2-4-15(13)17/h2-8H,9-10H2,1H3. The molecule has 0 spiro atoms. The van der Waals surface area contributed by atoms with Gasteiger partial charge in [-0.05, 0) is 24.6 Å². The molecule has 0 heterocycles. The van der Waals surface area contributed by atoms with Gasteiger partial charge in [-0.25, -0.2) is 8.42 Å². The Morgan fingerprint density at radius 3 is 2.00 bits per heavy atom. The second-order valence-electron chi connectivity index (χ2n) is 4.72. The van der Waals surface area contributed by atoms with Gasteiger partial charge in [0.05, 0.1) is 11.5 Å². The van der Waals surface area contributed by atoms with Crippen molar-refractivity contribution < 1.29 is 8.42 Å². The third kappa shape index (κ3) is 3.98. The highest BCUT2D eigenvalue weighted by atomic mass is 35.5. The van der Waals surface area contributed by atoms with Crippen molar-refractivity contribution in [3.8, 4) is 0 Å². The van der Waals surface area contributed by atoms with Crippen molar-refractivity contribution in [3.63, 3.8) is 0 Å². The highest BCUT2D eigenvalue weighted by Gasteiger charge is 2.17. The van der Waals surface area contributed by atoms with Gasteiger partial charge in [-0.3, -0.25) is 0 Å². The summed E-state index contributed by atoms with van der Waals surface area (Å²) in [5.41, 5.74) is 2.32. The van der Waals surface area contributed by atoms with E-state index in [4.69, 9.17) is 23.2 Å². The first-order valence-corrected chi connectivity index (χ1v) is 8.64. The average molecular weight is 329 g/mol. The van der Waals surface area contributed by atoms with Crippen molar-refractivity contribution in [1.82, 2.24) is 0 Å². The summed E-state index contributed by atoms with van der Waals surface area (Å²) in [6.45, 7) is 1.96. The third-order valence-electron chi connectivity index (χ3n) is 2.93. The van der Waals surface area contributed by atoms with E-state index in [-0.39, 0.29) is 11.5 Å². The number of benzene rings is 2. The Morgan fingerprint density at radius 1 is 0.900 bits per heavy atom. The molecule has 0 aromatic heterocycles. The Morgan fingerprint density at radius 2 is 1.45 bits per heavy atom. The van der Waals surface area contributed by atoms with Crippen LogP contribution in [0.4, 0.5) is 0 Å². The average Bonchev–Trinajstić information content (AvgIpc) is 2.37. The molecule has 2 nitrogen and oxygen atoms in total.